The predicted molar refractivity (Wildman–Crippen MR) is 58.9 cm³/mol. The molecule has 0 saturated carbocycles. The van der Waals surface area contributed by atoms with Crippen molar-refractivity contribution in [3.8, 4) is 0 Å². The van der Waals surface area contributed by atoms with Gasteiger partial charge >= 0.3 is 0 Å². The van der Waals surface area contributed by atoms with Gasteiger partial charge in [0.2, 0.25) is 11.8 Å². The topological polar surface area (TPSA) is 95.6 Å². The van der Waals surface area contributed by atoms with Crippen molar-refractivity contribution in [3.05, 3.63) is 0 Å². The molecule has 0 aromatic heterocycles. The molecule has 7 nitrogen and oxygen atoms in total. The Kier molecular flexibility index (Phi) is 2.96. The average Bonchev–Trinajstić information content (AvgIpc) is 2.68. The predicted octanol–water partition coefficient (Wildman–Crippen LogP) is -1.57. The number of nitrogens with one attached hydrogen (secondary N) is 2. The van der Waals surface area contributed by atoms with E-state index in [1.807, 2.05) is 0 Å². The van der Waals surface area contributed by atoms with Crippen LogP contribution in [-0.4, -0.2) is 43.7 Å². The van der Waals surface area contributed by atoms with Crippen LogP contribution in [0, 0.1) is 11.8 Å². The Morgan fingerprint density at radius 1 is 1.24 bits per heavy atom. The molecule has 2 saturated heterocycles. The molecular weight excluding hydrogens is 246 g/mol. The SMILES string of the molecule is CC(C)NS(=O)(=O)N1C[C@@H]2C(=O)NC(=O)[C@@H]2C1. The third-order valence-electron chi connectivity index (χ3n) is 2.93. The van der Waals surface area contributed by atoms with Crippen molar-refractivity contribution in [1.82, 2.24) is 14.3 Å². The highest BCUT2D eigenvalue weighted by atomic mass is 32.2. The first-order chi connectivity index (χ1) is 7.81. The quantitative estimate of drug-likeness (QED) is 0.600. The third kappa shape index (κ3) is 2.20. The van der Waals surface area contributed by atoms with E-state index in [-0.39, 0.29) is 30.9 Å². The smallest absolute Gasteiger partial charge is 0.279 e. The first kappa shape index (κ1) is 12.5. The molecule has 0 bridgehead atoms. The lowest BCUT2D eigenvalue weighted by Crippen LogP contribution is -2.44. The van der Waals surface area contributed by atoms with Gasteiger partial charge in [-0.05, 0) is 13.8 Å². The van der Waals surface area contributed by atoms with E-state index in [1.54, 1.807) is 13.8 Å². The molecule has 0 spiro atoms. The van der Waals surface area contributed by atoms with E-state index in [2.05, 4.69) is 10.0 Å². The van der Waals surface area contributed by atoms with Crippen LogP contribution in [0.3, 0.4) is 0 Å². The molecule has 0 unspecified atom stereocenters. The Labute approximate surface area is 99.7 Å². The fraction of sp³-hybridized carbons (Fsp3) is 0.778. The summed E-state index contributed by atoms with van der Waals surface area (Å²) in [5.41, 5.74) is 0. The molecule has 2 aliphatic rings. The highest BCUT2D eigenvalue weighted by Crippen LogP contribution is 2.29. The van der Waals surface area contributed by atoms with Gasteiger partial charge in [-0.3, -0.25) is 14.9 Å². The first-order valence-electron chi connectivity index (χ1n) is 5.43. The Balaban J connectivity index is 2.13. The maximum absolute atomic E-state index is 11.9. The van der Waals surface area contributed by atoms with E-state index in [4.69, 9.17) is 0 Å². The van der Waals surface area contributed by atoms with Gasteiger partial charge in [-0.2, -0.15) is 17.4 Å². The Hall–Kier alpha value is -0.990. The molecule has 17 heavy (non-hydrogen) atoms. The van der Waals surface area contributed by atoms with Crippen LogP contribution in [0.25, 0.3) is 0 Å². The normalized spacial score (nSPS) is 29.8. The second-order valence-electron chi connectivity index (χ2n) is 4.66. The van der Waals surface area contributed by atoms with E-state index >= 15 is 0 Å². The van der Waals surface area contributed by atoms with E-state index < -0.39 is 22.0 Å². The number of carbonyl (C=O) groups is 2. The van der Waals surface area contributed by atoms with Crippen molar-refractivity contribution in [3.63, 3.8) is 0 Å². The third-order valence-corrected chi connectivity index (χ3v) is 4.68. The molecule has 0 aromatic carbocycles. The summed E-state index contributed by atoms with van der Waals surface area (Å²) in [6, 6.07) is -0.218. The van der Waals surface area contributed by atoms with Gasteiger partial charge in [0.15, 0.2) is 0 Å². The number of amides is 2. The summed E-state index contributed by atoms with van der Waals surface area (Å²) in [6.07, 6.45) is 0. The molecule has 8 heteroatoms. The Bertz CT molecular complexity index is 437. The first-order valence-corrected chi connectivity index (χ1v) is 6.87. The summed E-state index contributed by atoms with van der Waals surface area (Å²) in [5.74, 6) is -1.82. The van der Waals surface area contributed by atoms with Crippen molar-refractivity contribution >= 4 is 22.0 Å². The van der Waals surface area contributed by atoms with E-state index in [1.165, 1.54) is 4.31 Å². The zero-order valence-electron chi connectivity index (χ0n) is 9.63. The van der Waals surface area contributed by atoms with Gasteiger partial charge in [0.05, 0.1) is 11.8 Å². The van der Waals surface area contributed by atoms with Crippen LogP contribution >= 0.6 is 0 Å². The highest BCUT2D eigenvalue weighted by molar-refractivity contribution is 7.87. The molecule has 96 valence electrons. The molecular formula is C9H15N3O4S. The second kappa shape index (κ2) is 4.04. The maximum Gasteiger partial charge on any atom is 0.279 e. The maximum atomic E-state index is 11.9. The Morgan fingerprint density at radius 2 is 1.71 bits per heavy atom. The molecule has 2 atom stereocenters. The molecule has 2 aliphatic heterocycles. The number of imide groups is 1. The van der Waals surface area contributed by atoms with E-state index in [9.17, 15) is 18.0 Å². The zero-order valence-corrected chi connectivity index (χ0v) is 10.5. The molecule has 2 fully saturated rings. The minimum Gasteiger partial charge on any atom is -0.296 e. The molecule has 2 heterocycles. The summed E-state index contributed by atoms with van der Waals surface area (Å²) in [6.45, 7) is 3.58. The lowest BCUT2D eigenvalue weighted by Gasteiger charge is -2.19. The number of hydrogen-bond donors (Lipinski definition) is 2. The van der Waals surface area contributed by atoms with Crippen molar-refractivity contribution in [2.24, 2.45) is 11.8 Å². The molecule has 0 aromatic rings. The molecule has 2 rings (SSSR count). The van der Waals surface area contributed by atoms with Crippen molar-refractivity contribution in [2.45, 2.75) is 19.9 Å². The zero-order chi connectivity index (χ0) is 12.8. The minimum absolute atomic E-state index is 0.0737. The fourth-order valence-corrected chi connectivity index (χ4v) is 3.63. The van der Waals surface area contributed by atoms with Gasteiger partial charge in [-0.25, -0.2) is 0 Å². The largest absolute Gasteiger partial charge is 0.296 e. The minimum atomic E-state index is -3.60. The lowest BCUT2D eigenvalue weighted by molar-refractivity contribution is -0.126. The number of rotatable bonds is 3. The van der Waals surface area contributed by atoms with Crippen LogP contribution in [0.2, 0.25) is 0 Å². The number of hydrogen-bond acceptors (Lipinski definition) is 4. The lowest BCUT2D eigenvalue weighted by atomic mass is 10.00. The molecule has 0 radical (unpaired) electrons. The van der Waals surface area contributed by atoms with Crippen LogP contribution in [0.4, 0.5) is 0 Å². The van der Waals surface area contributed by atoms with Crippen LogP contribution in [0.1, 0.15) is 13.8 Å². The van der Waals surface area contributed by atoms with Gasteiger partial charge in [-0.15, -0.1) is 0 Å². The number of carbonyl (C=O) groups excluding carboxylic acids is 2. The fourth-order valence-electron chi connectivity index (χ4n) is 2.17. The molecule has 0 aliphatic carbocycles. The standard InChI is InChI=1S/C9H15N3O4S/c1-5(2)11-17(15,16)12-3-6-7(4-12)9(14)10-8(6)13/h5-7,11H,3-4H2,1-2H3,(H,10,13,14)/t6-,7+. The number of nitrogens with zero attached hydrogens (tertiary/aromatic N) is 1. The molecule has 2 N–H and O–H groups in total. The van der Waals surface area contributed by atoms with Crippen LogP contribution in [0.15, 0.2) is 0 Å². The average molecular weight is 261 g/mol. The van der Waals surface area contributed by atoms with Crippen LogP contribution < -0.4 is 10.0 Å². The van der Waals surface area contributed by atoms with Gasteiger partial charge in [0.1, 0.15) is 0 Å². The summed E-state index contributed by atoms with van der Waals surface area (Å²) in [7, 11) is -3.60. The summed E-state index contributed by atoms with van der Waals surface area (Å²) >= 11 is 0. The van der Waals surface area contributed by atoms with Crippen molar-refractivity contribution in [1.29, 1.82) is 0 Å². The molecule has 2 amide bonds. The van der Waals surface area contributed by atoms with E-state index in [0.29, 0.717) is 0 Å². The second-order valence-corrected chi connectivity index (χ2v) is 6.36. The number of fused-ring (bicyclic) bond motifs is 1. The van der Waals surface area contributed by atoms with Crippen LogP contribution in [0.5, 0.6) is 0 Å². The van der Waals surface area contributed by atoms with Gasteiger partial charge < -0.3 is 0 Å². The Morgan fingerprint density at radius 3 is 2.12 bits per heavy atom. The summed E-state index contributed by atoms with van der Waals surface area (Å²) < 4.78 is 27.3. The summed E-state index contributed by atoms with van der Waals surface area (Å²) in [5, 5.41) is 2.21. The monoisotopic (exact) mass is 261 g/mol. The van der Waals surface area contributed by atoms with Gasteiger partial charge in [-0.1, -0.05) is 0 Å². The summed E-state index contributed by atoms with van der Waals surface area (Å²) in [4.78, 5) is 22.8. The van der Waals surface area contributed by atoms with E-state index in [0.717, 1.165) is 0 Å². The highest BCUT2D eigenvalue weighted by Gasteiger charge is 2.50. The van der Waals surface area contributed by atoms with Gasteiger partial charge in [0.25, 0.3) is 10.2 Å². The van der Waals surface area contributed by atoms with Crippen molar-refractivity contribution < 1.29 is 18.0 Å². The van der Waals surface area contributed by atoms with Crippen molar-refractivity contribution in [2.75, 3.05) is 13.1 Å². The van der Waals surface area contributed by atoms with Crippen LogP contribution in [-0.2, 0) is 19.8 Å². The van der Waals surface area contributed by atoms with Gasteiger partial charge in [0, 0.05) is 19.1 Å².